The van der Waals surface area contributed by atoms with Gasteiger partial charge in [0, 0.05) is 12.7 Å². The van der Waals surface area contributed by atoms with Crippen molar-refractivity contribution in [3.63, 3.8) is 0 Å². The molecule has 0 fully saturated rings. The summed E-state index contributed by atoms with van der Waals surface area (Å²) in [5.41, 5.74) is 1.27. The second-order valence-electron chi connectivity index (χ2n) is 3.04. The molecule has 0 aliphatic heterocycles. The first-order valence-electron chi connectivity index (χ1n) is 5.14. The molecule has 0 saturated heterocycles. The van der Waals surface area contributed by atoms with Gasteiger partial charge in [0.2, 0.25) is 0 Å². The van der Waals surface area contributed by atoms with Crippen molar-refractivity contribution in [1.82, 2.24) is 0 Å². The van der Waals surface area contributed by atoms with Crippen LogP contribution >= 0.6 is 11.3 Å². The number of methoxy groups -OCH3 is 1. The Kier molecular flexibility index (Phi) is 6.39. The highest BCUT2D eigenvalue weighted by Gasteiger charge is 2.02. The van der Waals surface area contributed by atoms with Gasteiger partial charge in [-0.05, 0) is 17.9 Å². The number of hydrogen-bond acceptors (Lipinski definition) is 4. The largest absolute Gasteiger partial charge is 0.481 e. The number of aryl methyl sites for hydroxylation is 1. The third kappa shape index (κ3) is 4.64. The first kappa shape index (κ1) is 12.5. The standard InChI is InChI=1S/C11H18O3S/c1-3-10-4-9-15-11(10)14-8-7-13-6-5-12-2/h4,9H,3,5-8H2,1-2H3. The van der Waals surface area contributed by atoms with E-state index in [1.54, 1.807) is 18.4 Å². The lowest BCUT2D eigenvalue weighted by molar-refractivity contribution is 0.0549. The molecule has 86 valence electrons. The van der Waals surface area contributed by atoms with Crippen molar-refractivity contribution in [2.75, 3.05) is 33.5 Å². The fourth-order valence-electron chi connectivity index (χ4n) is 1.15. The minimum atomic E-state index is 0.608. The van der Waals surface area contributed by atoms with E-state index in [-0.39, 0.29) is 0 Å². The van der Waals surface area contributed by atoms with Gasteiger partial charge in [-0.1, -0.05) is 6.92 Å². The van der Waals surface area contributed by atoms with Gasteiger partial charge in [-0.25, -0.2) is 0 Å². The van der Waals surface area contributed by atoms with E-state index in [0.29, 0.717) is 26.4 Å². The number of rotatable bonds is 8. The molecular weight excluding hydrogens is 212 g/mol. The van der Waals surface area contributed by atoms with Crippen molar-refractivity contribution in [1.29, 1.82) is 0 Å². The van der Waals surface area contributed by atoms with Crippen LogP contribution in [0.15, 0.2) is 11.4 Å². The van der Waals surface area contributed by atoms with Crippen LogP contribution in [0.2, 0.25) is 0 Å². The van der Waals surface area contributed by atoms with Gasteiger partial charge in [-0.2, -0.15) is 0 Å². The Morgan fingerprint density at radius 2 is 2.00 bits per heavy atom. The maximum absolute atomic E-state index is 5.60. The molecule has 0 amide bonds. The van der Waals surface area contributed by atoms with Crippen LogP contribution in [-0.4, -0.2) is 33.5 Å². The molecule has 1 aromatic rings. The molecule has 4 heteroatoms. The van der Waals surface area contributed by atoms with Gasteiger partial charge >= 0.3 is 0 Å². The maximum atomic E-state index is 5.60. The molecule has 0 saturated carbocycles. The third-order valence-electron chi connectivity index (χ3n) is 1.98. The summed E-state index contributed by atoms with van der Waals surface area (Å²) in [6.07, 6.45) is 1.02. The molecular formula is C11H18O3S. The second-order valence-corrected chi connectivity index (χ2v) is 3.92. The number of hydrogen-bond donors (Lipinski definition) is 0. The predicted octanol–water partition coefficient (Wildman–Crippen LogP) is 2.35. The monoisotopic (exact) mass is 230 g/mol. The minimum absolute atomic E-state index is 0.608. The highest BCUT2D eigenvalue weighted by Crippen LogP contribution is 2.26. The molecule has 15 heavy (non-hydrogen) atoms. The molecule has 0 N–H and O–H groups in total. The normalized spacial score (nSPS) is 10.5. The molecule has 0 radical (unpaired) electrons. The van der Waals surface area contributed by atoms with Crippen LogP contribution in [-0.2, 0) is 15.9 Å². The Morgan fingerprint density at radius 1 is 1.20 bits per heavy atom. The Balaban J connectivity index is 2.09. The van der Waals surface area contributed by atoms with Gasteiger partial charge in [-0.3, -0.25) is 0 Å². The number of thiophene rings is 1. The molecule has 0 bridgehead atoms. The fourth-order valence-corrected chi connectivity index (χ4v) is 2.02. The van der Waals surface area contributed by atoms with Crippen molar-refractivity contribution >= 4 is 11.3 Å². The van der Waals surface area contributed by atoms with Crippen LogP contribution in [0.1, 0.15) is 12.5 Å². The predicted molar refractivity (Wildman–Crippen MR) is 61.9 cm³/mol. The molecule has 1 heterocycles. The van der Waals surface area contributed by atoms with E-state index in [4.69, 9.17) is 14.2 Å². The van der Waals surface area contributed by atoms with Crippen molar-refractivity contribution in [3.8, 4) is 5.06 Å². The summed E-state index contributed by atoms with van der Waals surface area (Å²) in [6, 6.07) is 2.10. The van der Waals surface area contributed by atoms with E-state index in [9.17, 15) is 0 Å². The number of ether oxygens (including phenoxy) is 3. The zero-order valence-corrected chi connectivity index (χ0v) is 10.1. The van der Waals surface area contributed by atoms with Crippen molar-refractivity contribution in [2.45, 2.75) is 13.3 Å². The molecule has 1 aromatic heterocycles. The van der Waals surface area contributed by atoms with Crippen molar-refractivity contribution in [3.05, 3.63) is 17.0 Å². The fraction of sp³-hybridized carbons (Fsp3) is 0.636. The summed E-state index contributed by atoms with van der Waals surface area (Å²) in [6.45, 7) is 4.62. The molecule has 0 aliphatic carbocycles. The Bertz CT molecular complexity index is 260. The summed E-state index contributed by atoms with van der Waals surface area (Å²) < 4.78 is 15.8. The highest BCUT2D eigenvalue weighted by molar-refractivity contribution is 7.12. The van der Waals surface area contributed by atoms with Gasteiger partial charge in [0.15, 0.2) is 5.06 Å². The summed E-state index contributed by atoms with van der Waals surface area (Å²) in [5, 5.41) is 3.08. The average molecular weight is 230 g/mol. The quantitative estimate of drug-likeness (QED) is 0.642. The Hall–Kier alpha value is -0.580. The minimum Gasteiger partial charge on any atom is -0.481 e. The Morgan fingerprint density at radius 3 is 2.73 bits per heavy atom. The average Bonchev–Trinajstić information content (AvgIpc) is 2.70. The van der Waals surface area contributed by atoms with E-state index in [2.05, 4.69) is 18.4 Å². The van der Waals surface area contributed by atoms with Crippen molar-refractivity contribution < 1.29 is 14.2 Å². The molecule has 0 aromatic carbocycles. The van der Waals surface area contributed by atoms with Crippen LogP contribution in [0.4, 0.5) is 0 Å². The van der Waals surface area contributed by atoms with Crippen LogP contribution in [0.5, 0.6) is 5.06 Å². The molecule has 3 nitrogen and oxygen atoms in total. The van der Waals surface area contributed by atoms with Crippen LogP contribution < -0.4 is 4.74 Å². The molecule has 0 aliphatic rings. The van der Waals surface area contributed by atoms with E-state index in [1.807, 2.05) is 0 Å². The van der Waals surface area contributed by atoms with Crippen LogP contribution in [0.3, 0.4) is 0 Å². The van der Waals surface area contributed by atoms with Crippen LogP contribution in [0, 0.1) is 0 Å². The Labute approximate surface area is 95.0 Å². The lowest BCUT2D eigenvalue weighted by Gasteiger charge is -2.06. The topological polar surface area (TPSA) is 27.7 Å². The van der Waals surface area contributed by atoms with Gasteiger partial charge in [0.25, 0.3) is 0 Å². The smallest absolute Gasteiger partial charge is 0.177 e. The summed E-state index contributed by atoms with van der Waals surface area (Å²) >= 11 is 1.64. The van der Waals surface area contributed by atoms with Crippen molar-refractivity contribution in [2.24, 2.45) is 0 Å². The van der Waals surface area contributed by atoms with Crippen LogP contribution in [0.25, 0.3) is 0 Å². The van der Waals surface area contributed by atoms with E-state index >= 15 is 0 Å². The molecule has 0 unspecified atom stereocenters. The van der Waals surface area contributed by atoms with E-state index in [0.717, 1.165) is 11.5 Å². The summed E-state index contributed by atoms with van der Waals surface area (Å²) in [7, 11) is 1.67. The molecule has 0 atom stereocenters. The second kappa shape index (κ2) is 7.68. The summed E-state index contributed by atoms with van der Waals surface area (Å²) in [5.74, 6) is 0. The van der Waals surface area contributed by atoms with E-state index < -0.39 is 0 Å². The lowest BCUT2D eigenvalue weighted by Crippen LogP contribution is -2.09. The third-order valence-corrected chi connectivity index (χ3v) is 2.85. The zero-order chi connectivity index (χ0) is 10.9. The SMILES string of the molecule is CCc1ccsc1OCCOCCOC. The maximum Gasteiger partial charge on any atom is 0.177 e. The van der Waals surface area contributed by atoms with Gasteiger partial charge in [0.1, 0.15) is 6.61 Å². The summed E-state index contributed by atoms with van der Waals surface area (Å²) in [4.78, 5) is 0. The first-order chi connectivity index (χ1) is 7.38. The molecule has 0 spiro atoms. The lowest BCUT2D eigenvalue weighted by atomic mass is 10.3. The van der Waals surface area contributed by atoms with E-state index in [1.165, 1.54) is 5.56 Å². The molecule has 1 rings (SSSR count). The highest BCUT2D eigenvalue weighted by atomic mass is 32.1. The zero-order valence-electron chi connectivity index (χ0n) is 9.32. The van der Waals surface area contributed by atoms with Gasteiger partial charge in [-0.15, -0.1) is 11.3 Å². The van der Waals surface area contributed by atoms with Gasteiger partial charge < -0.3 is 14.2 Å². The van der Waals surface area contributed by atoms with Gasteiger partial charge in [0.05, 0.1) is 19.8 Å². The first-order valence-corrected chi connectivity index (χ1v) is 6.02.